The normalized spacial score (nSPS) is 12.8. The Morgan fingerprint density at radius 2 is 2.00 bits per heavy atom. The summed E-state index contributed by atoms with van der Waals surface area (Å²) >= 11 is 1.70. The summed E-state index contributed by atoms with van der Waals surface area (Å²) < 4.78 is 0. The minimum Gasteiger partial charge on any atom is -0.309 e. The molecule has 1 N–H and O–H groups in total. The molecule has 1 unspecified atom stereocenters. The topological polar surface area (TPSA) is 37.8 Å². The van der Waals surface area contributed by atoms with E-state index in [0.717, 1.165) is 16.9 Å². The second kappa shape index (κ2) is 5.31. The van der Waals surface area contributed by atoms with Gasteiger partial charge in [0.25, 0.3) is 0 Å². The number of hydrogen-bond donors (Lipinski definition) is 1. The number of aryl methyl sites for hydroxylation is 2. The van der Waals surface area contributed by atoms with E-state index in [2.05, 4.69) is 52.5 Å². The van der Waals surface area contributed by atoms with Crippen LogP contribution in [0.5, 0.6) is 0 Å². The fraction of sp³-hybridized carbons (Fsp3) is 0.250. The van der Waals surface area contributed by atoms with E-state index in [1.165, 1.54) is 15.8 Å². The summed E-state index contributed by atoms with van der Waals surface area (Å²) in [5, 5.41) is 4.56. The number of fused-ring (bicyclic) bond motifs is 1. The number of pyridine rings is 1. The Balaban J connectivity index is 2.08. The van der Waals surface area contributed by atoms with Crippen molar-refractivity contribution in [3.63, 3.8) is 0 Å². The van der Waals surface area contributed by atoms with E-state index in [0.29, 0.717) is 0 Å². The van der Waals surface area contributed by atoms with Crippen molar-refractivity contribution in [1.29, 1.82) is 0 Å². The fourth-order valence-corrected chi connectivity index (χ4v) is 3.40. The van der Waals surface area contributed by atoms with Crippen LogP contribution < -0.4 is 5.32 Å². The van der Waals surface area contributed by atoms with Crippen LogP contribution in [0.2, 0.25) is 0 Å². The molecule has 4 heteroatoms. The third-order valence-electron chi connectivity index (χ3n) is 3.52. The molecule has 2 heterocycles. The second-order valence-electron chi connectivity index (χ2n) is 4.93. The number of benzene rings is 1. The van der Waals surface area contributed by atoms with Crippen LogP contribution in [0, 0.1) is 13.8 Å². The predicted octanol–water partition coefficient (Wildman–Crippen LogP) is 3.62. The first-order valence-electron chi connectivity index (χ1n) is 6.63. The van der Waals surface area contributed by atoms with Crippen LogP contribution in [-0.2, 0) is 0 Å². The number of hydrogen-bond acceptors (Lipinski definition) is 4. The van der Waals surface area contributed by atoms with Gasteiger partial charge in [-0.3, -0.25) is 4.98 Å². The Hall–Kier alpha value is -1.78. The van der Waals surface area contributed by atoms with Crippen LogP contribution in [0.3, 0.4) is 0 Å². The van der Waals surface area contributed by atoms with Crippen molar-refractivity contribution in [1.82, 2.24) is 15.3 Å². The van der Waals surface area contributed by atoms with Crippen LogP contribution in [-0.4, -0.2) is 17.0 Å². The van der Waals surface area contributed by atoms with Crippen molar-refractivity contribution in [2.24, 2.45) is 0 Å². The molecule has 0 aliphatic heterocycles. The van der Waals surface area contributed by atoms with Gasteiger partial charge in [0, 0.05) is 16.0 Å². The smallest absolute Gasteiger partial charge is 0.0798 e. The number of rotatable bonds is 3. The average molecular weight is 283 g/mol. The van der Waals surface area contributed by atoms with Gasteiger partial charge in [0.05, 0.1) is 22.8 Å². The van der Waals surface area contributed by atoms with Gasteiger partial charge in [-0.15, -0.1) is 11.3 Å². The zero-order chi connectivity index (χ0) is 14.1. The zero-order valence-corrected chi connectivity index (χ0v) is 12.7. The van der Waals surface area contributed by atoms with E-state index in [1.54, 1.807) is 11.3 Å². The Morgan fingerprint density at radius 3 is 2.70 bits per heavy atom. The molecule has 0 spiro atoms. The Bertz CT molecular complexity index is 748. The van der Waals surface area contributed by atoms with Gasteiger partial charge in [-0.2, -0.15) is 0 Å². The molecule has 0 amide bonds. The van der Waals surface area contributed by atoms with Gasteiger partial charge in [-0.25, -0.2) is 4.98 Å². The van der Waals surface area contributed by atoms with Crippen molar-refractivity contribution in [2.75, 3.05) is 7.05 Å². The molecule has 3 rings (SSSR count). The molecule has 102 valence electrons. The molecular formula is C16H17N3S. The lowest BCUT2D eigenvalue weighted by Crippen LogP contribution is -2.17. The summed E-state index contributed by atoms with van der Waals surface area (Å²) in [6, 6.07) is 10.8. The Morgan fingerprint density at radius 1 is 1.15 bits per heavy atom. The van der Waals surface area contributed by atoms with E-state index in [-0.39, 0.29) is 6.04 Å². The lowest BCUT2D eigenvalue weighted by Gasteiger charge is -2.16. The van der Waals surface area contributed by atoms with Crippen LogP contribution in [0.1, 0.15) is 27.9 Å². The van der Waals surface area contributed by atoms with E-state index in [1.807, 2.05) is 19.5 Å². The lowest BCUT2D eigenvalue weighted by atomic mass is 10.0. The predicted molar refractivity (Wildman–Crippen MR) is 84.2 cm³/mol. The molecule has 0 radical (unpaired) electrons. The summed E-state index contributed by atoms with van der Waals surface area (Å²) in [4.78, 5) is 10.2. The third-order valence-corrected chi connectivity index (χ3v) is 4.52. The second-order valence-corrected chi connectivity index (χ2v) is 5.81. The van der Waals surface area contributed by atoms with Crippen LogP contribution >= 0.6 is 11.3 Å². The quantitative estimate of drug-likeness (QED) is 0.798. The Labute approximate surface area is 122 Å². The van der Waals surface area contributed by atoms with Crippen molar-refractivity contribution < 1.29 is 0 Å². The summed E-state index contributed by atoms with van der Waals surface area (Å²) in [7, 11) is 1.99. The minimum absolute atomic E-state index is 0.188. The fourth-order valence-electron chi connectivity index (χ4n) is 2.46. The standard InChI is InChI=1S/C16H17N3S/c1-10-4-5-12-8-13(6-7-14(12)19-10)15(17-3)16-11(2)18-9-20-16/h4-9,15,17H,1-3H3. The van der Waals surface area contributed by atoms with Crippen molar-refractivity contribution in [2.45, 2.75) is 19.9 Å². The third kappa shape index (κ3) is 2.32. The SMILES string of the molecule is CNC(c1ccc2nc(C)ccc2c1)c1scnc1C. The highest BCUT2D eigenvalue weighted by Crippen LogP contribution is 2.29. The molecule has 1 aromatic carbocycles. The van der Waals surface area contributed by atoms with E-state index in [9.17, 15) is 0 Å². The summed E-state index contributed by atoms with van der Waals surface area (Å²) in [6.45, 7) is 4.08. The molecule has 20 heavy (non-hydrogen) atoms. The van der Waals surface area contributed by atoms with Gasteiger partial charge in [0.2, 0.25) is 0 Å². The highest BCUT2D eigenvalue weighted by Gasteiger charge is 2.16. The molecule has 0 fully saturated rings. The summed E-state index contributed by atoms with van der Waals surface area (Å²) in [5.41, 5.74) is 6.34. The van der Waals surface area contributed by atoms with Gasteiger partial charge < -0.3 is 5.32 Å². The maximum absolute atomic E-state index is 4.55. The molecule has 3 aromatic rings. The zero-order valence-electron chi connectivity index (χ0n) is 11.8. The largest absolute Gasteiger partial charge is 0.309 e. The maximum Gasteiger partial charge on any atom is 0.0798 e. The van der Waals surface area contributed by atoms with Gasteiger partial charge >= 0.3 is 0 Å². The lowest BCUT2D eigenvalue weighted by molar-refractivity contribution is 0.698. The average Bonchev–Trinajstić information content (AvgIpc) is 2.86. The number of nitrogens with one attached hydrogen (secondary N) is 1. The van der Waals surface area contributed by atoms with Crippen molar-refractivity contribution in [3.8, 4) is 0 Å². The number of nitrogens with zero attached hydrogens (tertiary/aromatic N) is 2. The molecule has 1 atom stereocenters. The summed E-state index contributed by atoms with van der Waals surface area (Å²) in [5.74, 6) is 0. The maximum atomic E-state index is 4.55. The van der Waals surface area contributed by atoms with Crippen LogP contribution in [0.4, 0.5) is 0 Å². The van der Waals surface area contributed by atoms with Gasteiger partial charge in [-0.1, -0.05) is 12.1 Å². The monoisotopic (exact) mass is 283 g/mol. The number of thiazole rings is 1. The highest BCUT2D eigenvalue weighted by molar-refractivity contribution is 7.09. The molecule has 0 saturated heterocycles. The van der Waals surface area contributed by atoms with E-state index < -0.39 is 0 Å². The summed E-state index contributed by atoms with van der Waals surface area (Å²) in [6.07, 6.45) is 0. The first-order valence-corrected chi connectivity index (χ1v) is 7.51. The molecule has 2 aromatic heterocycles. The molecule has 0 bridgehead atoms. The molecule has 0 aliphatic rings. The molecular weight excluding hydrogens is 266 g/mol. The van der Waals surface area contributed by atoms with Crippen LogP contribution in [0.25, 0.3) is 10.9 Å². The first kappa shape index (κ1) is 13.2. The Kier molecular flexibility index (Phi) is 3.51. The van der Waals surface area contributed by atoms with E-state index >= 15 is 0 Å². The van der Waals surface area contributed by atoms with Crippen LogP contribution in [0.15, 0.2) is 35.8 Å². The number of aromatic nitrogens is 2. The molecule has 3 nitrogen and oxygen atoms in total. The van der Waals surface area contributed by atoms with Gasteiger partial charge in [0.1, 0.15) is 0 Å². The highest BCUT2D eigenvalue weighted by atomic mass is 32.1. The first-order chi connectivity index (χ1) is 9.69. The minimum atomic E-state index is 0.188. The van der Waals surface area contributed by atoms with Crippen molar-refractivity contribution >= 4 is 22.2 Å². The van der Waals surface area contributed by atoms with Gasteiger partial charge in [-0.05, 0) is 44.7 Å². The van der Waals surface area contributed by atoms with E-state index in [4.69, 9.17) is 0 Å². The van der Waals surface area contributed by atoms with Crippen molar-refractivity contribution in [3.05, 3.63) is 57.7 Å². The molecule has 0 aliphatic carbocycles. The molecule has 0 saturated carbocycles. The van der Waals surface area contributed by atoms with Gasteiger partial charge in [0.15, 0.2) is 0 Å².